The van der Waals surface area contributed by atoms with Crippen molar-refractivity contribution in [2.24, 2.45) is 5.92 Å². The van der Waals surface area contributed by atoms with Crippen molar-refractivity contribution in [3.05, 3.63) is 0 Å². The summed E-state index contributed by atoms with van der Waals surface area (Å²) in [7, 11) is -7.72. The molecule has 3 aliphatic heterocycles. The Morgan fingerprint density at radius 1 is 0.879 bits per heavy atom. The van der Waals surface area contributed by atoms with Crippen molar-refractivity contribution in [3.8, 4) is 0 Å². The first-order chi connectivity index (χ1) is 15.5. The molecule has 3 heterocycles. The van der Waals surface area contributed by atoms with Gasteiger partial charge in [-0.1, -0.05) is 0 Å². The summed E-state index contributed by atoms with van der Waals surface area (Å²) < 4.78 is 104. The normalized spacial score (nSPS) is 37.5. The molecule has 3 saturated heterocycles. The minimum atomic E-state index is -4.18. The first-order valence-corrected chi connectivity index (χ1v) is 14.0. The molecule has 192 valence electrons. The lowest BCUT2D eigenvalue weighted by molar-refractivity contribution is 0.0101. The Balaban J connectivity index is 1.55. The third-order valence-electron chi connectivity index (χ3n) is 5.06. The van der Waals surface area contributed by atoms with Gasteiger partial charge in [-0.3, -0.25) is 12.5 Å². The van der Waals surface area contributed by atoms with Crippen molar-refractivity contribution < 1.29 is 60.7 Å². The molecule has 0 aliphatic carbocycles. The van der Waals surface area contributed by atoms with Crippen LogP contribution in [-0.4, -0.2) is 98.2 Å². The summed E-state index contributed by atoms with van der Waals surface area (Å²) in [5, 5.41) is 0. The molecule has 0 spiro atoms. The van der Waals surface area contributed by atoms with E-state index >= 15 is 0 Å². The standard InChI is InChI=1S/C15H27BO14S3/c1-10-12(9-32(18,19)28-10)6-24-16(23-5-4-13-11(2)26-31(17)27-13)25-8-15-14(7-22-3)29-33(20,21)30-15/h10-15H,4-9H2,1-3H3. The molecule has 33 heavy (non-hydrogen) atoms. The molecule has 3 fully saturated rings. The van der Waals surface area contributed by atoms with Crippen LogP contribution >= 0.6 is 0 Å². The molecule has 0 bridgehead atoms. The molecular formula is C15H27BO14S3. The van der Waals surface area contributed by atoms with E-state index in [-0.39, 0.29) is 32.2 Å². The number of hydrogen-bond donors (Lipinski definition) is 0. The van der Waals surface area contributed by atoms with Gasteiger partial charge in [-0.15, -0.1) is 0 Å². The molecule has 0 N–H and O–H groups in total. The summed E-state index contributed by atoms with van der Waals surface area (Å²) in [6.07, 6.45) is -3.08. The van der Waals surface area contributed by atoms with Crippen LogP contribution in [0.2, 0.25) is 0 Å². The predicted molar refractivity (Wildman–Crippen MR) is 110 cm³/mol. The van der Waals surface area contributed by atoms with Crippen LogP contribution in [-0.2, 0) is 71.5 Å². The van der Waals surface area contributed by atoms with Gasteiger partial charge >= 0.3 is 29.1 Å². The predicted octanol–water partition coefficient (Wildman–Crippen LogP) is -1.17. The maximum Gasteiger partial charge on any atom is 0.639 e. The largest absolute Gasteiger partial charge is 0.639 e. The SMILES string of the molecule is COCC1OS(=O)(=O)OC1COB(OCCC1OS(=O)OC1C)OCC1CS(=O)(=O)OC1C. The molecule has 14 nitrogen and oxygen atoms in total. The van der Waals surface area contributed by atoms with E-state index in [2.05, 4.69) is 0 Å². The summed E-state index contributed by atoms with van der Waals surface area (Å²) in [6, 6.07) is 0. The average Bonchev–Trinajstić information content (AvgIpc) is 3.28. The summed E-state index contributed by atoms with van der Waals surface area (Å²) >= 11 is -1.82. The minimum absolute atomic E-state index is 0.0527. The highest BCUT2D eigenvalue weighted by Crippen LogP contribution is 2.25. The van der Waals surface area contributed by atoms with Gasteiger partial charge in [0.15, 0.2) is 0 Å². The van der Waals surface area contributed by atoms with Crippen LogP contribution in [0.25, 0.3) is 0 Å². The van der Waals surface area contributed by atoms with Crippen LogP contribution in [0.4, 0.5) is 0 Å². The Bertz CT molecular complexity index is 882. The molecule has 0 amide bonds. The van der Waals surface area contributed by atoms with E-state index in [1.807, 2.05) is 0 Å². The Morgan fingerprint density at radius 3 is 2.12 bits per heavy atom. The van der Waals surface area contributed by atoms with Gasteiger partial charge in [-0.05, 0) is 20.3 Å². The molecule has 0 saturated carbocycles. The maximum absolute atomic E-state index is 11.6. The van der Waals surface area contributed by atoms with E-state index in [9.17, 15) is 21.0 Å². The fourth-order valence-corrected chi connectivity index (χ4v) is 6.76. The second kappa shape index (κ2) is 11.7. The van der Waals surface area contributed by atoms with Gasteiger partial charge in [-0.2, -0.15) is 21.0 Å². The Morgan fingerprint density at radius 2 is 1.55 bits per heavy atom. The van der Waals surface area contributed by atoms with Gasteiger partial charge < -0.3 is 18.7 Å². The monoisotopic (exact) mass is 538 g/mol. The zero-order valence-electron chi connectivity index (χ0n) is 18.2. The topological polar surface area (TPSA) is 168 Å². The van der Waals surface area contributed by atoms with Crippen LogP contribution in [0.1, 0.15) is 20.3 Å². The fraction of sp³-hybridized carbons (Fsp3) is 1.00. The van der Waals surface area contributed by atoms with Crippen molar-refractivity contribution in [2.75, 3.05) is 39.3 Å². The number of methoxy groups -OCH3 is 1. The van der Waals surface area contributed by atoms with Gasteiger partial charge in [0, 0.05) is 26.2 Å². The fourth-order valence-electron chi connectivity index (χ4n) is 3.29. The molecule has 7 atom stereocenters. The average molecular weight is 538 g/mol. The van der Waals surface area contributed by atoms with E-state index in [1.54, 1.807) is 13.8 Å². The van der Waals surface area contributed by atoms with Crippen molar-refractivity contribution >= 4 is 39.2 Å². The highest BCUT2D eigenvalue weighted by atomic mass is 32.3. The van der Waals surface area contributed by atoms with E-state index in [0.717, 1.165) is 0 Å². The van der Waals surface area contributed by atoms with Crippen LogP contribution < -0.4 is 0 Å². The van der Waals surface area contributed by atoms with Crippen molar-refractivity contribution in [2.45, 2.75) is 50.8 Å². The van der Waals surface area contributed by atoms with E-state index in [0.29, 0.717) is 6.42 Å². The van der Waals surface area contributed by atoms with Crippen LogP contribution in [0.5, 0.6) is 0 Å². The zero-order valence-corrected chi connectivity index (χ0v) is 20.7. The third-order valence-corrected chi connectivity index (χ3v) is 8.33. The van der Waals surface area contributed by atoms with Gasteiger partial charge in [0.05, 0.1) is 25.1 Å². The zero-order chi connectivity index (χ0) is 24.2. The lowest BCUT2D eigenvalue weighted by atomic mass is 10.1. The molecule has 7 unspecified atom stereocenters. The number of ether oxygens (including phenoxy) is 1. The second-order valence-electron chi connectivity index (χ2n) is 7.67. The summed E-state index contributed by atoms with van der Waals surface area (Å²) in [6.45, 7) is 2.97. The van der Waals surface area contributed by atoms with E-state index < -0.39 is 75.6 Å². The van der Waals surface area contributed by atoms with Crippen LogP contribution in [0, 0.1) is 5.92 Å². The number of rotatable bonds is 12. The molecule has 18 heteroatoms. The van der Waals surface area contributed by atoms with Gasteiger partial charge in [-0.25, -0.2) is 8.37 Å². The summed E-state index contributed by atoms with van der Waals surface area (Å²) in [4.78, 5) is 0. The molecule has 0 radical (unpaired) electrons. The van der Waals surface area contributed by atoms with Gasteiger partial charge in [0.1, 0.15) is 24.4 Å². The quantitative estimate of drug-likeness (QED) is 0.215. The van der Waals surface area contributed by atoms with Crippen molar-refractivity contribution in [1.82, 2.24) is 0 Å². The third kappa shape index (κ3) is 8.14. The molecule has 3 rings (SSSR count). The van der Waals surface area contributed by atoms with Gasteiger partial charge in [0.25, 0.3) is 10.1 Å². The highest BCUT2D eigenvalue weighted by Gasteiger charge is 2.42. The Hall–Kier alpha value is -0.245. The Labute approximate surface area is 195 Å². The molecule has 0 aromatic heterocycles. The van der Waals surface area contributed by atoms with Crippen LogP contribution in [0.3, 0.4) is 0 Å². The smallest absolute Gasteiger partial charge is 0.386 e. The lowest BCUT2D eigenvalue weighted by Gasteiger charge is -2.20. The molecule has 0 aromatic rings. The minimum Gasteiger partial charge on any atom is -0.386 e. The van der Waals surface area contributed by atoms with E-state index in [4.69, 9.17) is 39.6 Å². The Kier molecular flexibility index (Phi) is 9.66. The molecule has 3 aliphatic rings. The van der Waals surface area contributed by atoms with Crippen LogP contribution in [0.15, 0.2) is 0 Å². The number of hydrogen-bond acceptors (Lipinski definition) is 14. The summed E-state index contributed by atoms with van der Waals surface area (Å²) in [5.41, 5.74) is 0. The lowest BCUT2D eigenvalue weighted by Crippen LogP contribution is -2.38. The van der Waals surface area contributed by atoms with E-state index in [1.165, 1.54) is 7.11 Å². The highest BCUT2D eigenvalue weighted by molar-refractivity contribution is 7.87. The van der Waals surface area contributed by atoms with Crippen molar-refractivity contribution in [1.29, 1.82) is 0 Å². The molecule has 0 aromatic carbocycles. The second-order valence-corrected chi connectivity index (χ2v) is 11.3. The maximum atomic E-state index is 11.6. The first kappa shape index (κ1) is 27.3. The summed E-state index contributed by atoms with van der Waals surface area (Å²) in [5.74, 6) is -0.669. The first-order valence-electron chi connectivity index (χ1n) is 10.1. The van der Waals surface area contributed by atoms with Gasteiger partial charge in [0.2, 0.25) is 0 Å². The molecular weight excluding hydrogens is 511 g/mol. The van der Waals surface area contributed by atoms with Crippen molar-refractivity contribution in [3.63, 3.8) is 0 Å².